The van der Waals surface area contributed by atoms with Crippen LogP contribution >= 0.6 is 39.5 Å². The third kappa shape index (κ3) is 4.59. The van der Waals surface area contributed by atoms with Crippen LogP contribution in [0.3, 0.4) is 0 Å². The van der Waals surface area contributed by atoms with Crippen LogP contribution < -0.4 is 4.72 Å². The molecule has 21 heavy (non-hydrogen) atoms. The molecule has 0 radical (unpaired) electrons. The lowest BCUT2D eigenvalue weighted by Crippen LogP contribution is -2.34. The van der Waals surface area contributed by atoms with E-state index in [4.69, 9.17) is 5.11 Å². The molecule has 0 spiro atoms. The van der Waals surface area contributed by atoms with Gasteiger partial charge in [0, 0.05) is 39.1 Å². The number of rotatable bonds is 5. The third-order valence-electron chi connectivity index (χ3n) is 2.93. The highest BCUT2D eigenvalue weighted by molar-refractivity contribution is 9.10. The zero-order valence-corrected chi connectivity index (χ0v) is 15.0. The van der Waals surface area contributed by atoms with E-state index in [0.29, 0.717) is 4.47 Å². The van der Waals surface area contributed by atoms with E-state index in [0.717, 1.165) is 17.3 Å². The molecule has 1 aliphatic heterocycles. The van der Waals surface area contributed by atoms with Crippen LogP contribution in [0.25, 0.3) is 0 Å². The van der Waals surface area contributed by atoms with Crippen molar-refractivity contribution in [3.05, 3.63) is 28.0 Å². The molecule has 1 fully saturated rings. The van der Waals surface area contributed by atoms with Crippen LogP contribution in [0.4, 0.5) is 4.39 Å². The van der Waals surface area contributed by atoms with E-state index in [1.807, 2.05) is 0 Å². The Morgan fingerprint density at radius 3 is 2.81 bits per heavy atom. The molecule has 1 heterocycles. The fourth-order valence-electron chi connectivity index (χ4n) is 1.86. The van der Waals surface area contributed by atoms with Crippen molar-refractivity contribution in [2.45, 2.75) is 16.8 Å². The highest BCUT2D eigenvalue weighted by Gasteiger charge is 2.24. The van der Waals surface area contributed by atoms with Gasteiger partial charge in [-0.25, -0.2) is 17.5 Å². The second kappa shape index (κ2) is 7.65. The number of thioether (sulfide) groups is 2. The molecule has 0 aliphatic carbocycles. The second-order valence-electron chi connectivity index (χ2n) is 4.45. The maximum Gasteiger partial charge on any atom is 0.243 e. The predicted octanol–water partition coefficient (Wildman–Crippen LogP) is 2.21. The summed E-state index contributed by atoms with van der Waals surface area (Å²) in [6.07, 6.45) is 0. The number of aliphatic hydroxyl groups excluding tert-OH is 1. The van der Waals surface area contributed by atoms with Crippen LogP contribution in [0.2, 0.25) is 0 Å². The van der Waals surface area contributed by atoms with Crippen molar-refractivity contribution in [2.24, 2.45) is 0 Å². The molecule has 2 N–H and O–H groups in total. The number of benzene rings is 1. The van der Waals surface area contributed by atoms with E-state index in [2.05, 4.69) is 20.7 Å². The van der Waals surface area contributed by atoms with Crippen molar-refractivity contribution in [1.29, 1.82) is 0 Å². The first-order valence-electron chi connectivity index (χ1n) is 6.22. The molecule has 4 nitrogen and oxygen atoms in total. The minimum absolute atomic E-state index is 0.0488. The second-order valence-corrected chi connectivity index (χ2v) is 9.66. The summed E-state index contributed by atoms with van der Waals surface area (Å²) >= 11 is 6.64. The first kappa shape index (κ1) is 17.6. The summed E-state index contributed by atoms with van der Waals surface area (Å²) in [4.78, 5) is -0.436. The Morgan fingerprint density at radius 1 is 1.43 bits per heavy atom. The van der Waals surface area contributed by atoms with Gasteiger partial charge in [0.25, 0.3) is 0 Å². The lowest BCUT2D eigenvalue weighted by atomic mass is 10.2. The van der Waals surface area contributed by atoms with Gasteiger partial charge in [-0.3, -0.25) is 0 Å². The Balaban J connectivity index is 2.17. The van der Waals surface area contributed by atoms with E-state index in [1.54, 1.807) is 23.5 Å². The van der Waals surface area contributed by atoms with E-state index >= 15 is 0 Å². The Kier molecular flexibility index (Phi) is 6.39. The first-order chi connectivity index (χ1) is 9.94. The smallest absolute Gasteiger partial charge is 0.243 e. The molecular formula is C12H15BrFNO3S3. The number of hydrogen-bond acceptors (Lipinski definition) is 5. The average molecular weight is 416 g/mol. The highest BCUT2D eigenvalue weighted by Crippen LogP contribution is 2.26. The summed E-state index contributed by atoms with van der Waals surface area (Å²) in [6.45, 7) is -0.274. The van der Waals surface area contributed by atoms with Gasteiger partial charge in [0.1, 0.15) is 10.7 Å². The molecule has 0 amide bonds. The van der Waals surface area contributed by atoms with Crippen molar-refractivity contribution in [2.75, 3.05) is 23.8 Å². The highest BCUT2D eigenvalue weighted by atomic mass is 79.9. The molecule has 1 aliphatic rings. The summed E-state index contributed by atoms with van der Waals surface area (Å²) in [5.41, 5.74) is -0.0488. The number of sulfonamides is 1. The van der Waals surface area contributed by atoms with E-state index in [1.165, 1.54) is 12.1 Å². The van der Waals surface area contributed by atoms with Gasteiger partial charge in [-0.05, 0) is 12.1 Å². The zero-order chi connectivity index (χ0) is 15.5. The fraction of sp³-hybridized carbons (Fsp3) is 0.500. The summed E-state index contributed by atoms with van der Waals surface area (Å²) in [5, 5.41) is 9.28. The molecular weight excluding hydrogens is 401 g/mol. The Labute approximate surface area is 140 Å². The van der Waals surface area contributed by atoms with E-state index < -0.39 is 27.3 Å². The minimum atomic E-state index is -3.93. The standard InChI is InChI=1S/C12H15BrFNO3S3/c13-9-3-8(6-16)12(14)11(4-9)21(17,18)15-5-10-7-19-1-2-20-10/h3-4,10,15-16H,1-2,5-7H2. The van der Waals surface area contributed by atoms with Gasteiger partial charge in [0.2, 0.25) is 10.0 Å². The van der Waals surface area contributed by atoms with Crippen LogP contribution in [-0.2, 0) is 16.6 Å². The molecule has 2 rings (SSSR count). The Hall–Kier alpha value is 0.200. The monoisotopic (exact) mass is 415 g/mol. The van der Waals surface area contributed by atoms with Crippen molar-refractivity contribution in [3.63, 3.8) is 0 Å². The molecule has 1 saturated heterocycles. The summed E-state index contributed by atoms with van der Waals surface area (Å²) in [7, 11) is -3.93. The van der Waals surface area contributed by atoms with Gasteiger partial charge in [0.05, 0.1) is 6.61 Å². The van der Waals surface area contributed by atoms with Gasteiger partial charge >= 0.3 is 0 Å². The van der Waals surface area contributed by atoms with Gasteiger partial charge in [0.15, 0.2) is 0 Å². The quantitative estimate of drug-likeness (QED) is 0.771. The van der Waals surface area contributed by atoms with Crippen molar-refractivity contribution in [3.8, 4) is 0 Å². The van der Waals surface area contributed by atoms with E-state index in [9.17, 15) is 12.8 Å². The van der Waals surface area contributed by atoms with Crippen LogP contribution in [0.1, 0.15) is 5.56 Å². The number of aliphatic hydroxyl groups is 1. The normalized spacial score (nSPS) is 19.7. The SMILES string of the molecule is O=S(=O)(NCC1CSCCS1)c1cc(Br)cc(CO)c1F. The molecule has 0 saturated carbocycles. The number of halogens is 2. The summed E-state index contributed by atoms with van der Waals surface area (Å²) in [5.74, 6) is 2.06. The maximum atomic E-state index is 14.1. The van der Waals surface area contributed by atoms with Crippen LogP contribution in [-0.4, -0.2) is 42.6 Å². The minimum Gasteiger partial charge on any atom is -0.392 e. The largest absolute Gasteiger partial charge is 0.392 e. The topological polar surface area (TPSA) is 66.4 Å². The predicted molar refractivity (Wildman–Crippen MR) is 88.8 cm³/mol. The lowest BCUT2D eigenvalue weighted by Gasteiger charge is -2.21. The molecule has 0 aromatic heterocycles. The summed E-state index contributed by atoms with van der Waals surface area (Å²) in [6, 6.07) is 2.57. The van der Waals surface area contributed by atoms with Crippen LogP contribution in [0, 0.1) is 5.82 Å². The zero-order valence-electron chi connectivity index (χ0n) is 11.0. The average Bonchev–Trinajstić information content (AvgIpc) is 2.48. The van der Waals surface area contributed by atoms with Crippen LogP contribution in [0.5, 0.6) is 0 Å². The Morgan fingerprint density at radius 2 is 2.19 bits per heavy atom. The molecule has 1 aromatic carbocycles. The lowest BCUT2D eigenvalue weighted by molar-refractivity contribution is 0.274. The number of nitrogens with one attached hydrogen (secondary N) is 1. The van der Waals surface area contributed by atoms with Gasteiger partial charge in [-0.15, -0.1) is 0 Å². The Bertz CT molecular complexity index is 606. The molecule has 118 valence electrons. The first-order valence-corrected chi connectivity index (χ1v) is 10.7. The summed E-state index contributed by atoms with van der Waals surface area (Å²) < 4.78 is 41.5. The molecule has 1 aromatic rings. The van der Waals surface area contributed by atoms with Crippen molar-refractivity contribution < 1.29 is 17.9 Å². The number of hydrogen-bond donors (Lipinski definition) is 2. The van der Waals surface area contributed by atoms with Gasteiger partial charge < -0.3 is 5.11 Å². The molecule has 1 unspecified atom stereocenters. The molecule has 9 heteroatoms. The van der Waals surface area contributed by atoms with Gasteiger partial charge in [-0.1, -0.05) is 15.9 Å². The molecule has 1 atom stereocenters. The third-order valence-corrected chi connectivity index (χ3v) is 7.65. The van der Waals surface area contributed by atoms with E-state index in [-0.39, 0.29) is 17.4 Å². The van der Waals surface area contributed by atoms with Crippen molar-refractivity contribution in [1.82, 2.24) is 4.72 Å². The molecule has 0 bridgehead atoms. The van der Waals surface area contributed by atoms with Gasteiger partial charge in [-0.2, -0.15) is 23.5 Å². The maximum absolute atomic E-state index is 14.1. The van der Waals surface area contributed by atoms with Crippen LogP contribution in [0.15, 0.2) is 21.5 Å². The fourth-order valence-corrected chi connectivity index (χ4v) is 6.46. The van der Waals surface area contributed by atoms with Crippen molar-refractivity contribution >= 4 is 49.5 Å².